The van der Waals surface area contributed by atoms with E-state index in [4.69, 9.17) is 5.73 Å². The zero-order valence-corrected chi connectivity index (χ0v) is 10.0. The summed E-state index contributed by atoms with van der Waals surface area (Å²) >= 11 is 3.42. The third-order valence-corrected chi connectivity index (χ3v) is 2.86. The third kappa shape index (κ3) is 1.96. The Labute approximate surface area is 96.7 Å². The van der Waals surface area contributed by atoms with Gasteiger partial charge >= 0.3 is 0 Å². The minimum Gasteiger partial charge on any atom is -0.327 e. The van der Waals surface area contributed by atoms with Crippen molar-refractivity contribution in [1.29, 1.82) is 0 Å². The average Bonchev–Trinajstić information content (AvgIpc) is 2.52. The number of aryl methyl sites for hydroxylation is 1. The lowest BCUT2D eigenvalue weighted by Gasteiger charge is -1.96. The molecule has 78 valence electrons. The van der Waals surface area contributed by atoms with Gasteiger partial charge in [-0.05, 0) is 33.6 Å². The fraction of sp³-hybridized carbons (Fsp3) is 0.182. The van der Waals surface area contributed by atoms with E-state index >= 15 is 0 Å². The molecule has 4 heteroatoms. The van der Waals surface area contributed by atoms with Gasteiger partial charge in [-0.2, -0.15) is 5.10 Å². The maximum atomic E-state index is 5.41. The first-order valence-corrected chi connectivity index (χ1v) is 5.50. The largest absolute Gasteiger partial charge is 0.327 e. The fourth-order valence-electron chi connectivity index (χ4n) is 1.54. The fourth-order valence-corrected chi connectivity index (χ4v) is 2.11. The second-order valence-corrected chi connectivity index (χ2v) is 4.08. The molecule has 2 rings (SSSR count). The van der Waals surface area contributed by atoms with Gasteiger partial charge < -0.3 is 5.73 Å². The summed E-state index contributed by atoms with van der Waals surface area (Å²) in [6.07, 6.45) is 3.95. The predicted octanol–water partition coefficient (Wildman–Crippen LogP) is 2.31. The molecule has 0 aliphatic carbocycles. The van der Waals surface area contributed by atoms with Crippen LogP contribution < -0.4 is 5.73 Å². The van der Waals surface area contributed by atoms with Gasteiger partial charge in [-0.1, -0.05) is 18.2 Å². The van der Waals surface area contributed by atoms with Crippen LogP contribution in [0.1, 0.15) is 5.56 Å². The number of hydrogen-bond acceptors (Lipinski definition) is 2. The van der Waals surface area contributed by atoms with Crippen molar-refractivity contribution in [3.05, 3.63) is 34.4 Å². The molecule has 0 amide bonds. The van der Waals surface area contributed by atoms with Crippen molar-refractivity contribution >= 4 is 32.9 Å². The van der Waals surface area contributed by atoms with Crippen molar-refractivity contribution in [3.63, 3.8) is 0 Å². The van der Waals surface area contributed by atoms with Crippen molar-refractivity contribution < 1.29 is 0 Å². The van der Waals surface area contributed by atoms with Crippen molar-refractivity contribution in [3.8, 4) is 0 Å². The summed E-state index contributed by atoms with van der Waals surface area (Å²) in [6.45, 7) is 0.563. The normalized spacial score (nSPS) is 11.7. The van der Waals surface area contributed by atoms with Crippen LogP contribution in [0.15, 0.2) is 28.9 Å². The van der Waals surface area contributed by atoms with E-state index in [-0.39, 0.29) is 0 Å². The molecule has 15 heavy (non-hydrogen) atoms. The molecule has 0 saturated heterocycles. The van der Waals surface area contributed by atoms with Gasteiger partial charge in [-0.3, -0.25) is 4.68 Å². The summed E-state index contributed by atoms with van der Waals surface area (Å²) in [5.41, 5.74) is 7.67. The number of fused-ring (bicyclic) bond motifs is 1. The van der Waals surface area contributed by atoms with Gasteiger partial charge in [-0.15, -0.1) is 0 Å². The molecular formula is C11H12BrN3. The van der Waals surface area contributed by atoms with Crippen LogP contribution in [-0.2, 0) is 7.05 Å². The Morgan fingerprint density at radius 2 is 2.33 bits per heavy atom. The molecule has 1 aromatic carbocycles. The zero-order chi connectivity index (χ0) is 10.8. The van der Waals surface area contributed by atoms with Crippen LogP contribution >= 0.6 is 15.9 Å². The molecule has 0 radical (unpaired) electrons. The maximum Gasteiger partial charge on any atom is 0.135 e. The summed E-state index contributed by atoms with van der Waals surface area (Å²) in [5.74, 6) is 0. The Morgan fingerprint density at radius 1 is 1.53 bits per heavy atom. The van der Waals surface area contributed by atoms with Gasteiger partial charge in [0.25, 0.3) is 0 Å². The molecule has 2 N–H and O–H groups in total. The van der Waals surface area contributed by atoms with Gasteiger partial charge in [0.2, 0.25) is 0 Å². The van der Waals surface area contributed by atoms with E-state index in [2.05, 4.69) is 39.2 Å². The molecule has 0 atom stereocenters. The zero-order valence-electron chi connectivity index (χ0n) is 8.44. The lowest BCUT2D eigenvalue weighted by Crippen LogP contribution is -1.92. The first kappa shape index (κ1) is 10.4. The summed E-state index contributed by atoms with van der Waals surface area (Å²) in [7, 11) is 1.93. The summed E-state index contributed by atoms with van der Waals surface area (Å²) < 4.78 is 2.74. The van der Waals surface area contributed by atoms with Crippen molar-refractivity contribution in [2.24, 2.45) is 12.8 Å². The number of benzene rings is 1. The van der Waals surface area contributed by atoms with E-state index in [1.54, 1.807) is 0 Å². The van der Waals surface area contributed by atoms with Crippen LogP contribution in [0.5, 0.6) is 0 Å². The van der Waals surface area contributed by atoms with Crippen LogP contribution in [0.2, 0.25) is 0 Å². The Balaban J connectivity index is 2.55. The molecule has 2 aromatic rings. The highest BCUT2D eigenvalue weighted by atomic mass is 79.9. The van der Waals surface area contributed by atoms with Crippen LogP contribution in [-0.4, -0.2) is 16.3 Å². The van der Waals surface area contributed by atoms with E-state index in [1.807, 2.05) is 23.9 Å². The summed E-state index contributed by atoms with van der Waals surface area (Å²) in [4.78, 5) is 0. The van der Waals surface area contributed by atoms with Gasteiger partial charge in [-0.25, -0.2) is 0 Å². The minimum atomic E-state index is 0.563. The number of nitrogens with zero attached hydrogens (tertiary/aromatic N) is 2. The van der Waals surface area contributed by atoms with E-state index < -0.39 is 0 Å². The molecule has 0 bridgehead atoms. The van der Waals surface area contributed by atoms with E-state index in [1.165, 1.54) is 0 Å². The molecule has 1 heterocycles. The summed E-state index contributed by atoms with van der Waals surface area (Å²) in [5, 5.41) is 5.42. The second-order valence-electron chi connectivity index (χ2n) is 3.33. The standard InChI is InChI=1S/C11H12BrN3/c1-15-10-7-8(3-2-6-13)4-5-9(10)11(12)14-15/h2-5,7H,6,13H2,1H3/b3-2+. The average molecular weight is 266 g/mol. The van der Waals surface area contributed by atoms with E-state index in [0.717, 1.165) is 21.1 Å². The molecule has 0 saturated carbocycles. The first-order chi connectivity index (χ1) is 7.22. The molecule has 0 aliphatic rings. The number of rotatable bonds is 2. The monoisotopic (exact) mass is 265 g/mol. The molecule has 1 aromatic heterocycles. The number of aromatic nitrogens is 2. The van der Waals surface area contributed by atoms with Crippen LogP contribution in [0, 0.1) is 0 Å². The first-order valence-electron chi connectivity index (χ1n) is 4.71. The number of hydrogen-bond donors (Lipinski definition) is 1. The SMILES string of the molecule is Cn1nc(Br)c2ccc(/C=C/CN)cc21. The van der Waals surface area contributed by atoms with Gasteiger partial charge in [0.05, 0.1) is 5.52 Å². The molecule has 0 spiro atoms. The number of nitrogens with two attached hydrogens (primary N) is 1. The number of halogens is 1. The predicted molar refractivity (Wildman–Crippen MR) is 66.5 cm³/mol. The lowest BCUT2D eigenvalue weighted by molar-refractivity contribution is 0.788. The molecular weight excluding hydrogens is 254 g/mol. The third-order valence-electron chi connectivity index (χ3n) is 2.28. The van der Waals surface area contributed by atoms with Crippen molar-refractivity contribution in [2.45, 2.75) is 0 Å². The lowest BCUT2D eigenvalue weighted by atomic mass is 10.1. The second kappa shape index (κ2) is 4.16. The maximum absolute atomic E-state index is 5.41. The Hall–Kier alpha value is -1.13. The van der Waals surface area contributed by atoms with Crippen LogP contribution in [0.3, 0.4) is 0 Å². The quantitative estimate of drug-likeness (QED) is 0.906. The topological polar surface area (TPSA) is 43.8 Å². The Kier molecular flexibility index (Phi) is 2.88. The van der Waals surface area contributed by atoms with Gasteiger partial charge in [0.1, 0.15) is 4.60 Å². The molecule has 3 nitrogen and oxygen atoms in total. The molecule has 0 aliphatic heterocycles. The van der Waals surface area contributed by atoms with Crippen LogP contribution in [0.25, 0.3) is 17.0 Å². The van der Waals surface area contributed by atoms with Crippen molar-refractivity contribution in [1.82, 2.24) is 9.78 Å². The van der Waals surface area contributed by atoms with Gasteiger partial charge in [0, 0.05) is 19.0 Å². The smallest absolute Gasteiger partial charge is 0.135 e. The molecule has 0 fully saturated rings. The molecule has 0 unspecified atom stereocenters. The highest BCUT2D eigenvalue weighted by Crippen LogP contribution is 2.23. The van der Waals surface area contributed by atoms with E-state index in [9.17, 15) is 0 Å². The Bertz CT molecular complexity index is 514. The highest BCUT2D eigenvalue weighted by Gasteiger charge is 2.05. The minimum absolute atomic E-state index is 0.563. The van der Waals surface area contributed by atoms with E-state index in [0.29, 0.717) is 6.54 Å². The highest BCUT2D eigenvalue weighted by molar-refractivity contribution is 9.10. The van der Waals surface area contributed by atoms with Crippen molar-refractivity contribution in [2.75, 3.05) is 6.54 Å². The van der Waals surface area contributed by atoms with Gasteiger partial charge in [0.15, 0.2) is 0 Å². The summed E-state index contributed by atoms with van der Waals surface area (Å²) in [6, 6.07) is 6.21. The van der Waals surface area contributed by atoms with Crippen LogP contribution in [0.4, 0.5) is 0 Å². The Morgan fingerprint density at radius 3 is 3.07 bits per heavy atom.